The van der Waals surface area contributed by atoms with Gasteiger partial charge < -0.3 is 4.98 Å². The summed E-state index contributed by atoms with van der Waals surface area (Å²) < 4.78 is 0. The van der Waals surface area contributed by atoms with Gasteiger partial charge in [0.25, 0.3) is 5.56 Å². The first kappa shape index (κ1) is 19.8. The number of fused-ring (bicyclic) bond motifs is 1. The van der Waals surface area contributed by atoms with Gasteiger partial charge in [-0.25, -0.2) is 9.97 Å². The first-order chi connectivity index (χ1) is 14.7. The van der Waals surface area contributed by atoms with E-state index in [9.17, 15) is 4.79 Å². The van der Waals surface area contributed by atoms with Crippen LogP contribution >= 0.6 is 34.7 Å². The Hall–Kier alpha value is -2.16. The molecule has 30 heavy (non-hydrogen) atoms. The normalized spacial score (nSPS) is 14.7. The average molecular weight is 458 g/mol. The van der Waals surface area contributed by atoms with E-state index in [-0.39, 0.29) is 5.56 Å². The van der Waals surface area contributed by atoms with E-state index in [1.165, 1.54) is 48.8 Å². The molecule has 0 spiro atoms. The standard InChI is InChI=1S/C21H20ClN5OS2/c22-15-8-4-3-7-13(15)14-10-29-20-18(14)19(28)23-17(24-20)11-30-21-25-16(26-27-21)9-12-5-1-2-6-12/h3-4,7-8,10,12H,1-2,5-6,9,11H2,(H,23,24,28)(H,25,26,27). The molecular weight excluding hydrogens is 438 g/mol. The van der Waals surface area contributed by atoms with Gasteiger partial charge in [-0.05, 0) is 12.0 Å². The van der Waals surface area contributed by atoms with E-state index in [0.29, 0.717) is 32.0 Å². The highest BCUT2D eigenvalue weighted by molar-refractivity contribution is 7.98. The molecule has 3 aromatic heterocycles. The van der Waals surface area contributed by atoms with Crippen LogP contribution < -0.4 is 5.56 Å². The third-order valence-corrected chi connectivity index (χ3v) is 7.52. The lowest BCUT2D eigenvalue weighted by Gasteiger charge is -2.04. The summed E-state index contributed by atoms with van der Waals surface area (Å²) in [6.45, 7) is 0. The van der Waals surface area contributed by atoms with Gasteiger partial charge in [0.1, 0.15) is 16.5 Å². The van der Waals surface area contributed by atoms with Crippen LogP contribution in [0.15, 0.2) is 39.6 Å². The minimum atomic E-state index is -0.149. The second-order valence-corrected chi connectivity index (χ2v) is 9.74. The first-order valence-corrected chi connectivity index (χ1v) is 12.2. The summed E-state index contributed by atoms with van der Waals surface area (Å²) in [6, 6.07) is 7.53. The van der Waals surface area contributed by atoms with E-state index < -0.39 is 0 Å². The zero-order valence-electron chi connectivity index (χ0n) is 16.2. The van der Waals surface area contributed by atoms with Crippen LogP contribution in [0.1, 0.15) is 37.3 Å². The average Bonchev–Trinajstić information content (AvgIpc) is 3.48. The lowest BCUT2D eigenvalue weighted by Crippen LogP contribution is -2.10. The number of thioether (sulfide) groups is 1. The van der Waals surface area contributed by atoms with Gasteiger partial charge in [0.15, 0.2) is 0 Å². The Morgan fingerprint density at radius 1 is 1.13 bits per heavy atom. The van der Waals surface area contributed by atoms with Gasteiger partial charge in [0.05, 0.1) is 11.1 Å². The molecule has 1 aliphatic rings. The number of hydrogen-bond acceptors (Lipinski definition) is 6. The van der Waals surface area contributed by atoms with Crippen molar-refractivity contribution >= 4 is 44.9 Å². The van der Waals surface area contributed by atoms with Gasteiger partial charge in [-0.2, -0.15) is 0 Å². The number of halogens is 1. The second-order valence-electron chi connectivity index (χ2n) is 7.53. The highest BCUT2D eigenvalue weighted by Gasteiger charge is 2.18. The van der Waals surface area contributed by atoms with Crippen molar-refractivity contribution in [3.8, 4) is 11.1 Å². The monoisotopic (exact) mass is 457 g/mol. The molecule has 1 saturated carbocycles. The van der Waals surface area contributed by atoms with Crippen molar-refractivity contribution in [1.29, 1.82) is 0 Å². The first-order valence-electron chi connectivity index (χ1n) is 9.97. The zero-order valence-corrected chi connectivity index (χ0v) is 18.5. The second kappa shape index (κ2) is 8.53. The topological polar surface area (TPSA) is 87.3 Å². The van der Waals surface area contributed by atoms with Gasteiger partial charge in [-0.15, -0.1) is 16.4 Å². The number of benzene rings is 1. The Kier molecular flexibility index (Phi) is 5.62. The van der Waals surface area contributed by atoms with Crippen LogP contribution in [0, 0.1) is 5.92 Å². The summed E-state index contributed by atoms with van der Waals surface area (Å²) in [5.74, 6) is 2.80. The van der Waals surface area contributed by atoms with Crippen LogP contribution in [-0.2, 0) is 12.2 Å². The fourth-order valence-electron chi connectivity index (χ4n) is 3.99. The van der Waals surface area contributed by atoms with Crippen LogP contribution in [0.2, 0.25) is 5.02 Å². The van der Waals surface area contributed by atoms with Crippen molar-refractivity contribution in [3.05, 3.63) is 56.7 Å². The van der Waals surface area contributed by atoms with Crippen LogP contribution in [0.25, 0.3) is 21.3 Å². The van der Waals surface area contributed by atoms with E-state index in [1.807, 2.05) is 29.6 Å². The lowest BCUT2D eigenvalue weighted by molar-refractivity contribution is 0.531. The molecule has 0 amide bonds. The maximum Gasteiger partial charge on any atom is 0.260 e. The van der Waals surface area contributed by atoms with E-state index in [1.54, 1.807) is 0 Å². The van der Waals surface area contributed by atoms with Crippen molar-refractivity contribution in [1.82, 2.24) is 25.1 Å². The number of H-pyrrole nitrogens is 2. The highest BCUT2D eigenvalue weighted by Crippen LogP contribution is 2.35. The Bertz CT molecular complexity index is 1240. The predicted octanol–water partition coefficient (Wildman–Crippen LogP) is 5.45. The summed E-state index contributed by atoms with van der Waals surface area (Å²) >= 11 is 9.25. The molecule has 5 rings (SSSR count). The molecule has 0 radical (unpaired) electrons. The van der Waals surface area contributed by atoms with Crippen molar-refractivity contribution in [2.75, 3.05) is 0 Å². The molecule has 0 aliphatic heterocycles. The number of aromatic amines is 2. The van der Waals surface area contributed by atoms with Crippen molar-refractivity contribution < 1.29 is 0 Å². The van der Waals surface area contributed by atoms with Gasteiger partial charge in [-0.1, -0.05) is 67.2 Å². The highest BCUT2D eigenvalue weighted by atomic mass is 35.5. The van der Waals surface area contributed by atoms with Crippen LogP contribution in [0.5, 0.6) is 0 Å². The van der Waals surface area contributed by atoms with Gasteiger partial charge in [0, 0.05) is 28.0 Å². The largest absolute Gasteiger partial charge is 0.309 e. The molecule has 1 aliphatic carbocycles. The molecule has 9 heteroatoms. The molecule has 0 atom stereocenters. The predicted molar refractivity (Wildman–Crippen MR) is 122 cm³/mol. The quantitative estimate of drug-likeness (QED) is 0.376. The Balaban J connectivity index is 1.33. The van der Waals surface area contributed by atoms with E-state index in [2.05, 4.69) is 25.1 Å². The number of nitrogens with zero attached hydrogens (tertiary/aromatic N) is 3. The van der Waals surface area contributed by atoms with Crippen molar-refractivity contribution in [3.63, 3.8) is 0 Å². The van der Waals surface area contributed by atoms with E-state index in [0.717, 1.165) is 29.3 Å². The van der Waals surface area contributed by atoms with Crippen LogP contribution in [0.4, 0.5) is 0 Å². The third-order valence-electron chi connectivity index (χ3n) is 5.46. The molecule has 3 heterocycles. The molecule has 1 aromatic carbocycles. The Morgan fingerprint density at radius 2 is 1.97 bits per heavy atom. The van der Waals surface area contributed by atoms with Gasteiger partial charge in [0.2, 0.25) is 5.16 Å². The molecule has 0 unspecified atom stereocenters. The Labute approximate surface area is 186 Å². The zero-order chi connectivity index (χ0) is 20.5. The fraction of sp³-hybridized carbons (Fsp3) is 0.333. The summed E-state index contributed by atoms with van der Waals surface area (Å²) in [6.07, 6.45) is 6.18. The lowest BCUT2D eigenvalue weighted by atomic mass is 10.0. The molecule has 4 aromatic rings. The van der Waals surface area contributed by atoms with Crippen LogP contribution in [-0.4, -0.2) is 25.1 Å². The molecule has 6 nitrogen and oxygen atoms in total. The minimum absolute atomic E-state index is 0.149. The van der Waals surface area contributed by atoms with E-state index in [4.69, 9.17) is 11.6 Å². The third kappa shape index (κ3) is 4.04. The number of nitrogens with one attached hydrogen (secondary N) is 2. The molecule has 1 fully saturated rings. The SMILES string of the molecule is O=c1[nH]c(CSc2n[nH]c(CC3CCCC3)n2)nc2scc(-c3ccccc3Cl)c12. The maximum atomic E-state index is 12.8. The van der Waals surface area contributed by atoms with Gasteiger partial charge >= 0.3 is 0 Å². The maximum absolute atomic E-state index is 12.8. The number of rotatable bonds is 6. The van der Waals surface area contributed by atoms with Gasteiger partial charge in [-0.3, -0.25) is 9.89 Å². The fourth-order valence-corrected chi connectivity index (χ4v) is 5.88. The molecular formula is C21H20ClN5OS2. The Morgan fingerprint density at radius 3 is 2.80 bits per heavy atom. The number of aromatic nitrogens is 5. The smallest absolute Gasteiger partial charge is 0.260 e. The number of thiophene rings is 1. The summed E-state index contributed by atoms with van der Waals surface area (Å²) in [5.41, 5.74) is 1.51. The van der Waals surface area contributed by atoms with E-state index >= 15 is 0 Å². The molecule has 0 saturated heterocycles. The summed E-state index contributed by atoms with van der Waals surface area (Å²) in [7, 11) is 0. The van der Waals surface area contributed by atoms with Crippen molar-refractivity contribution in [2.45, 2.75) is 43.0 Å². The summed E-state index contributed by atoms with van der Waals surface area (Å²) in [4.78, 5) is 25.7. The van der Waals surface area contributed by atoms with Crippen LogP contribution in [0.3, 0.4) is 0 Å². The molecule has 2 N–H and O–H groups in total. The van der Waals surface area contributed by atoms with Crippen molar-refractivity contribution in [2.24, 2.45) is 5.92 Å². The minimum Gasteiger partial charge on any atom is -0.309 e. The molecule has 0 bridgehead atoms. The summed E-state index contributed by atoms with van der Waals surface area (Å²) in [5, 5.41) is 11.2. The molecule has 154 valence electrons. The number of hydrogen-bond donors (Lipinski definition) is 2.